The van der Waals surface area contributed by atoms with E-state index >= 15 is 0 Å². The van der Waals surface area contributed by atoms with Crippen LogP contribution in [-0.2, 0) is 23.5 Å². The van der Waals surface area contributed by atoms with Crippen LogP contribution in [-0.4, -0.2) is 34.8 Å². The molecule has 0 radical (unpaired) electrons. The first kappa shape index (κ1) is 21.9. The SMILES string of the molecule is CCOC(=O)/C=C/[Si](OS(=O)(=O)C(F)(F)F)(c1ccccc1)c1ccccc1. The van der Waals surface area contributed by atoms with Gasteiger partial charge in [-0.05, 0) is 17.3 Å². The van der Waals surface area contributed by atoms with Crippen LogP contribution in [0.2, 0.25) is 0 Å². The molecule has 0 aromatic heterocycles. The van der Waals surface area contributed by atoms with Crippen LogP contribution in [0.5, 0.6) is 0 Å². The molecule has 5 nitrogen and oxygen atoms in total. The molecule has 0 saturated heterocycles. The van der Waals surface area contributed by atoms with E-state index in [-0.39, 0.29) is 17.0 Å². The number of hydrogen-bond acceptors (Lipinski definition) is 5. The Morgan fingerprint density at radius 2 is 1.46 bits per heavy atom. The van der Waals surface area contributed by atoms with Gasteiger partial charge in [0.1, 0.15) is 0 Å². The Morgan fingerprint density at radius 1 is 1.00 bits per heavy atom. The highest BCUT2D eigenvalue weighted by atomic mass is 32.2. The first-order chi connectivity index (χ1) is 13.1. The molecule has 0 heterocycles. The lowest BCUT2D eigenvalue weighted by atomic mass is 10.4. The van der Waals surface area contributed by atoms with Crippen LogP contribution in [0.1, 0.15) is 6.92 Å². The highest BCUT2D eigenvalue weighted by molar-refractivity contribution is 7.88. The minimum atomic E-state index is -5.95. The van der Waals surface area contributed by atoms with E-state index in [1.54, 1.807) is 43.3 Å². The maximum absolute atomic E-state index is 13.1. The summed E-state index contributed by atoms with van der Waals surface area (Å²) < 4.78 is 72.8. The lowest BCUT2D eigenvalue weighted by Crippen LogP contribution is -2.61. The minimum Gasteiger partial charge on any atom is -0.463 e. The fourth-order valence-corrected chi connectivity index (χ4v) is 7.67. The van der Waals surface area contributed by atoms with Gasteiger partial charge in [-0.2, -0.15) is 21.6 Å². The van der Waals surface area contributed by atoms with E-state index in [4.69, 9.17) is 8.61 Å². The minimum absolute atomic E-state index is 0.0517. The smallest absolute Gasteiger partial charge is 0.463 e. The van der Waals surface area contributed by atoms with Crippen LogP contribution >= 0.6 is 0 Å². The van der Waals surface area contributed by atoms with Crippen LogP contribution in [0.15, 0.2) is 72.4 Å². The number of ether oxygens (including phenoxy) is 1. The second kappa shape index (κ2) is 8.72. The number of esters is 1. The molecule has 0 aliphatic rings. The van der Waals surface area contributed by atoms with Crippen molar-refractivity contribution in [2.24, 2.45) is 0 Å². The number of carbonyl (C=O) groups excluding carboxylic acids is 1. The molecule has 0 spiro atoms. The van der Waals surface area contributed by atoms with Gasteiger partial charge in [0.05, 0.1) is 6.61 Å². The van der Waals surface area contributed by atoms with Gasteiger partial charge in [-0.3, -0.25) is 3.87 Å². The average molecular weight is 430 g/mol. The maximum Gasteiger partial charge on any atom is 0.522 e. The molecule has 0 atom stereocenters. The Hall–Kier alpha value is -2.43. The van der Waals surface area contributed by atoms with Gasteiger partial charge in [-0.25, -0.2) is 4.79 Å². The average Bonchev–Trinajstić information content (AvgIpc) is 2.66. The molecule has 10 heteroatoms. The molecule has 28 heavy (non-hydrogen) atoms. The van der Waals surface area contributed by atoms with Crippen LogP contribution < -0.4 is 10.4 Å². The van der Waals surface area contributed by atoms with Crippen molar-refractivity contribution in [2.75, 3.05) is 6.61 Å². The summed E-state index contributed by atoms with van der Waals surface area (Å²) in [5.74, 6) is -0.820. The molecule has 2 aromatic rings. The molecule has 0 unspecified atom stereocenters. The summed E-state index contributed by atoms with van der Waals surface area (Å²) in [6.07, 6.45) is 0.904. The third-order valence-corrected chi connectivity index (χ3v) is 9.18. The number of benzene rings is 2. The lowest BCUT2D eigenvalue weighted by Gasteiger charge is -2.28. The van der Waals surface area contributed by atoms with E-state index in [0.29, 0.717) is 0 Å². The summed E-state index contributed by atoms with van der Waals surface area (Å²) in [5, 5.41) is 0.434. The summed E-state index contributed by atoms with van der Waals surface area (Å²) in [7, 11) is -10.1. The fourth-order valence-electron chi connectivity index (χ4n) is 2.45. The highest BCUT2D eigenvalue weighted by Gasteiger charge is 2.53. The van der Waals surface area contributed by atoms with Crippen molar-refractivity contribution >= 4 is 34.8 Å². The van der Waals surface area contributed by atoms with Crippen molar-refractivity contribution in [1.82, 2.24) is 0 Å². The van der Waals surface area contributed by atoms with Crippen molar-refractivity contribution in [2.45, 2.75) is 12.4 Å². The number of carbonyl (C=O) groups is 1. The monoisotopic (exact) mass is 430 g/mol. The number of hydrogen-bond donors (Lipinski definition) is 0. The Kier molecular flexibility index (Phi) is 6.81. The zero-order valence-electron chi connectivity index (χ0n) is 14.7. The van der Waals surface area contributed by atoms with Crippen molar-refractivity contribution < 1.29 is 35.0 Å². The topological polar surface area (TPSA) is 69.7 Å². The number of rotatable bonds is 7. The third kappa shape index (κ3) is 4.88. The first-order valence-corrected chi connectivity index (χ1v) is 11.5. The van der Waals surface area contributed by atoms with Crippen LogP contribution in [0.25, 0.3) is 0 Å². The standard InChI is InChI=1S/C18H17F3O5SSi/c1-2-25-17(22)13-14-28(15-9-5-3-6-10-15,16-11-7-4-8-12-16)26-27(23,24)18(19,20)21/h3-14H,2H2,1H3/b14-13+. The van der Waals surface area contributed by atoms with Gasteiger partial charge in [0.15, 0.2) is 0 Å². The molecule has 2 rings (SSSR count). The van der Waals surface area contributed by atoms with Gasteiger partial charge in [0.2, 0.25) is 0 Å². The first-order valence-electron chi connectivity index (χ1n) is 8.11. The van der Waals surface area contributed by atoms with Crippen molar-refractivity contribution in [3.63, 3.8) is 0 Å². The normalized spacial score (nSPS) is 12.9. The van der Waals surface area contributed by atoms with E-state index in [2.05, 4.69) is 0 Å². The van der Waals surface area contributed by atoms with Gasteiger partial charge >= 0.3 is 29.9 Å². The molecule has 0 aliphatic heterocycles. The van der Waals surface area contributed by atoms with Gasteiger partial charge in [0.25, 0.3) is 0 Å². The number of halogens is 3. The Balaban J connectivity index is 2.74. The van der Waals surface area contributed by atoms with E-state index < -0.39 is 29.9 Å². The van der Waals surface area contributed by atoms with Gasteiger partial charge in [-0.1, -0.05) is 66.4 Å². The molecule has 2 aromatic carbocycles. The third-order valence-electron chi connectivity index (χ3n) is 3.67. The molecule has 0 N–H and O–H groups in total. The number of alkyl halides is 3. The lowest BCUT2D eigenvalue weighted by molar-refractivity contribution is -0.137. The van der Waals surface area contributed by atoms with Gasteiger partial charge in [0, 0.05) is 6.08 Å². The predicted molar refractivity (Wildman–Crippen MR) is 99.7 cm³/mol. The summed E-state index contributed by atoms with van der Waals surface area (Å²) in [6.45, 7) is 1.62. The van der Waals surface area contributed by atoms with E-state index in [1.165, 1.54) is 24.3 Å². The molecule has 0 saturated carbocycles. The zero-order chi connectivity index (χ0) is 20.8. The molecule has 0 amide bonds. The van der Waals surface area contributed by atoms with Crippen LogP contribution in [0, 0.1) is 0 Å². The van der Waals surface area contributed by atoms with Gasteiger partial charge < -0.3 is 4.74 Å². The molecular formula is C18H17F3O5SSi. The van der Waals surface area contributed by atoms with E-state index in [9.17, 15) is 26.4 Å². The van der Waals surface area contributed by atoms with Gasteiger partial charge in [-0.15, -0.1) is 0 Å². The largest absolute Gasteiger partial charge is 0.522 e. The molecular weight excluding hydrogens is 413 g/mol. The summed E-state index contributed by atoms with van der Waals surface area (Å²) in [4.78, 5) is 11.8. The van der Waals surface area contributed by atoms with Crippen molar-refractivity contribution in [3.8, 4) is 0 Å². The Labute approximate surface area is 161 Å². The van der Waals surface area contributed by atoms with E-state index in [0.717, 1.165) is 11.8 Å². The summed E-state index contributed by atoms with van der Waals surface area (Å²) in [6, 6.07) is 15.3. The van der Waals surface area contributed by atoms with Crippen LogP contribution in [0.4, 0.5) is 13.2 Å². The van der Waals surface area contributed by atoms with E-state index in [1.807, 2.05) is 0 Å². The Morgan fingerprint density at radius 3 is 1.86 bits per heavy atom. The molecule has 0 bridgehead atoms. The molecule has 0 aliphatic carbocycles. The molecule has 150 valence electrons. The van der Waals surface area contributed by atoms with Crippen molar-refractivity contribution in [1.29, 1.82) is 0 Å². The zero-order valence-corrected chi connectivity index (χ0v) is 16.5. The second-order valence-electron chi connectivity index (χ2n) is 5.54. The fraction of sp³-hybridized carbons (Fsp3) is 0.167. The van der Waals surface area contributed by atoms with Crippen molar-refractivity contribution in [3.05, 3.63) is 72.4 Å². The van der Waals surface area contributed by atoms with Crippen LogP contribution in [0.3, 0.4) is 0 Å². The highest BCUT2D eigenvalue weighted by Crippen LogP contribution is 2.28. The Bertz CT molecular complexity index is 889. The summed E-state index contributed by atoms with van der Waals surface area (Å²) in [5.41, 5.74) is -4.54. The quantitative estimate of drug-likeness (QED) is 0.292. The predicted octanol–water partition coefficient (Wildman–Crippen LogP) is 2.27. The molecule has 0 fully saturated rings. The second-order valence-corrected chi connectivity index (χ2v) is 10.5. The summed E-state index contributed by atoms with van der Waals surface area (Å²) >= 11 is 0. The maximum atomic E-state index is 13.1.